The predicted molar refractivity (Wildman–Crippen MR) is 134 cm³/mol. The Kier molecular flexibility index (Phi) is 6.93. The van der Waals surface area contributed by atoms with Crippen molar-refractivity contribution in [2.24, 2.45) is 52.3 Å². The second-order valence-corrected chi connectivity index (χ2v) is 13.2. The van der Waals surface area contributed by atoms with E-state index in [1.165, 1.54) is 51.0 Å². The molecule has 0 spiro atoms. The van der Waals surface area contributed by atoms with Gasteiger partial charge >= 0.3 is 5.97 Å². The average molecular weight is 457 g/mol. The number of ether oxygens (including phenoxy) is 1. The molecule has 0 aromatic rings. The summed E-state index contributed by atoms with van der Waals surface area (Å²) in [7, 11) is 0. The lowest BCUT2D eigenvalue weighted by atomic mass is 9.47. The summed E-state index contributed by atoms with van der Waals surface area (Å²) in [5.41, 5.74) is 1.89. The van der Waals surface area contributed by atoms with Crippen molar-refractivity contribution in [2.45, 2.75) is 112 Å². The largest absolute Gasteiger partial charge is 0.463 e. The second-order valence-electron chi connectivity index (χ2n) is 13.2. The summed E-state index contributed by atoms with van der Waals surface area (Å²) in [6, 6.07) is 0. The van der Waals surface area contributed by atoms with Gasteiger partial charge in [0.2, 0.25) is 0 Å². The van der Waals surface area contributed by atoms with E-state index in [-0.39, 0.29) is 23.4 Å². The Morgan fingerprint density at radius 1 is 0.970 bits per heavy atom. The first-order chi connectivity index (χ1) is 15.5. The summed E-state index contributed by atoms with van der Waals surface area (Å²) in [6.07, 6.45) is 12.4. The lowest BCUT2D eigenvalue weighted by molar-refractivity contribution is -0.155. The molecule has 4 aliphatic rings. The van der Waals surface area contributed by atoms with Gasteiger partial charge in [-0.05, 0) is 97.4 Å². The molecule has 0 heterocycles. The number of carbonyl (C=O) groups excluding carboxylic acids is 2. The van der Waals surface area contributed by atoms with Crippen LogP contribution in [0.15, 0.2) is 11.6 Å². The van der Waals surface area contributed by atoms with Gasteiger partial charge in [-0.15, -0.1) is 0 Å². The van der Waals surface area contributed by atoms with Crippen molar-refractivity contribution < 1.29 is 14.3 Å². The Hall–Kier alpha value is -1.12. The van der Waals surface area contributed by atoms with Crippen LogP contribution >= 0.6 is 0 Å². The first-order valence-corrected chi connectivity index (χ1v) is 13.9. The third-order valence-electron chi connectivity index (χ3n) is 11.2. The zero-order valence-corrected chi connectivity index (χ0v) is 22.3. The van der Waals surface area contributed by atoms with E-state index in [0.717, 1.165) is 36.5 Å². The molecule has 9 atom stereocenters. The van der Waals surface area contributed by atoms with Crippen LogP contribution in [0.4, 0.5) is 0 Å². The molecule has 0 bridgehead atoms. The molecule has 3 fully saturated rings. The van der Waals surface area contributed by atoms with E-state index in [1.54, 1.807) is 0 Å². The zero-order valence-electron chi connectivity index (χ0n) is 22.3. The summed E-state index contributed by atoms with van der Waals surface area (Å²) in [4.78, 5) is 25.0. The standard InChI is InChI=1S/C30H48O3/c1-18(2)19(3)8-9-20(4)24-10-11-25-23-17-28(32)27-16-22(33-21(5)31)12-14-30(27,7)26(23)13-15-29(24,25)6/h17-20,22,24-27H,8-16H2,1-7H3/t19-,20+,22?,24+,25-,26-,27?,29+,30+/m0/s1. The van der Waals surface area contributed by atoms with Crippen molar-refractivity contribution in [1.29, 1.82) is 0 Å². The first-order valence-electron chi connectivity index (χ1n) is 13.9. The topological polar surface area (TPSA) is 43.4 Å². The smallest absolute Gasteiger partial charge is 0.302 e. The molecular weight excluding hydrogens is 408 g/mol. The first kappa shape index (κ1) is 25.0. The minimum Gasteiger partial charge on any atom is -0.463 e. The van der Waals surface area contributed by atoms with Crippen molar-refractivity contribution in [2.75, 3.05) is 0 Å². The maximum atomic E-state index is 13.5. The molecule has 4 rings (SSSR count). The van der Waals surface area contributed by atoms with Gasteiger partial charge in [0.15, 0.2) is 5.78 Å². The molecular formula is C30H48O3. The van der Waals surface area contributed by atoms with Crippen LogP contribution in [0.5, 0.6) is 0 Å². The lowest BCUT2D eigenvalue weighted by Gasteiger charge is -2.57. The van der Waals surface area contributed by atoms with Crippen molar-refractivity contribution in [3.05, 3.63) is 11.6 Å². The Bertz CT molecular complexity index is 796. The van der Waals surface area contributed by atoms with Crippen LogP contribution in [0.3, 0.4) is 0 Å². The number of hydrogen-bond donors (Lipinski definition) is 0. The van der Waals surface area contributed by atoms with E-state index in [1.807, 2.05) is 0 Å². The Morgan fingerprint density at radius 2 is 1.64 bits per heavy atom. The summed E-state index contributed by atoms with van der Waals surface area (Å²) < 4.78 is 5.54. The molecule has 0 aliphatic heterocycles. The molecule has 0 aromatic heterocycles. The summed E-state index contributed by atoms with van der Waals surface area (Å²) in [5, 5.41) is 0. The number of fused-ring (bicyclic) bond motifs is 5. The Morgan fingerprint density at radius 3 is 2.30 bits per heavy atom. The van der Waals surface area contributed by atoms with Gasteiger partial charge in [0, 0.05) is 12.8 Å². The molecule has 0 aromatic carbocycles. The van der Waals surface area contributed by atoms with Crippen LogP contribution in [-0.4, -0.2) is 17.9 Å². The molecule has 186 valence electrons. The third-order valence-corrected chi connectivity index (χ3v) is 11.2. The minimum absolute atomic E-state index is 0.0161. The van der Waals surface area contributed by atoms with Gasteiger partial charge < -0.3 is 4.74 Å². The molecule has 3 heteroatoms. The Balaban J connectivity index is 1.52. The number of allylic oxidation sites excluding steroid dienone is 2. The highest BCUT2D eigenvalue weighted by Gasteiger charge is 2.59. The van der Waals surface area contributed by atoms with E-state index in [2.05, 4.69) is 47.6 Å². The van der Waals surface area contributed by atoms with Crippen LogP contribution in [0.25, 0.3) is 0 Å². The van der Waals surface area contributed by atoms with Crippen LogP contribution in [-0.2, 0) is 14.3 Å². The number of esters is 1. The number of hydrogen-bond acceptors (Lipinski definition) is 3. The van der Waals surface area contributed by atoms with E-state index >= 15 is 0 Å². The normalized spacial score (nSPS) is 42.1. The van der Waals surface area contributed by atoms with E-state index in [9.17, 15) is 9.59 Å². The van der Waals surface area contributed by atoms with Gasteiger partial charge in [0.25, 0.3) is 0 Å². The number of rotatable bonds is 6. The van der Waals surface area contributed by atoms with Crippen molar-refractivity contribution in [1.82, 2.24) is 0 Å². The fourth-order valence-electron chi connectivity index (χ4n) is 8.70. The van der Waals surface area contributed by atoms with Crippen molar-refractivity contribution in [3.8, 4) is 0 Å². The summed E-state index contributed by atoms with van der Waals surface area (Å²) in [5.74, 6) is 4.34. The maximum Gasteiger partial charge on any atom is 0.302 e. The van der Waals surface area contributed by atoms with Crippen LogP contribution in [0, 0.1) is 52.3 Å². The molecule has 2 unspecified atom stereocenters. The molecule has 33 heavy (non-hydrogen) atoms. The highest BCUT2D eigenvalue weighted by atomic mass is 16.5. The SMILES string of the molecule is CC(=O)OC1CC[C@@]2(C)C(C1)C(=O)C=C1[C@@H]3CC[C@H]([C@H](C)CC[C@H](C)C(C)C)[C@@]3(C)CC[C@@H]12. The Labute approximate surface area is 202 Å². The zero-order chi connectivity index (χ0) is 24.1. The molecule has 0 radical (unpaired) electrons. The number of carbonyl (C=O) groups is 2. The van der Waals surface area contributed by atoms with Gasteiger partial charge in [-0.3, -0.25) is 9.59 Å². The van der Waals surface area contributed by atoms with Gasteiger partial charge in [0.05, 0.1) is 0 Å². The minimum atomic E-state index is -0.217. The highest BCUT2D eigenvalue weighted by molar-refractivity contribution is 5.94. The van der Waals surface area contributed by atoms with Crippen molar-refractivity contribution >= 4 is 11.8 Å². The predicted octanol–water partition coefficient (Wildman–Crippen LogP) is 7.38. The van der Waals surface area contributed by atoms with Gasteiger partial charge in [0.1, 0.15) is 6.10 Å². The third kappa shape index (κ3) is 4.36. The fourth-order valence-corrected chi connectivity index (χ4v) is 8.70. The quantitative estimate of drug-likeness (QED) is 0.391. The molecule has 3 nitrogen and oxygen atoms in total. The van der Waals surface area contributed by atoms with E-state index in [4.69, 9.17) is 4.74 Å². The summed E-state index contributed by atoms with van der Waals surface area (Å²) >= 11 is 0. The number of ketones is 1. The molecule has 0 saturated heterocycles. The molecule has 0 N–H and O–H groups in total. The molecule has 4 aliphatic carbocycles. The average Bonchev–Trinajstić information content (AvgIpc) is 3.10. The van der Waals surface area contributed by atoms with Gasteiger partial charge in [-0.25, -0.2) is 0 Å². The molecule has 3 saturated carbocycles. The monoisotopic (exact) mass is 456 g/mol. The van der Waals surface area contributed by atoms with Crippen molar-refractivity contribution in [3.63, 3.8) is 0 Å². The van der Waals surface area contributed by atoms with E-state index < -0.39 is 0 Å². The summed E-state index contributed by atoms with van der Waals surface area (Å²) in [6.45, 7) is 16.0. The van der Waals surface area contributed by atoms with Gasteiger partial charge in [-0.1, -0.05) is 60.0 Å². The van der Waals surface area contributed by atoms with Crippen LogP contribution in [0.1, 0.15) is 106 Å². The van der Waals surface area contributed by atoms with Gasteiger partial charge in [-0.2, -0.15) is 0 Å². The fraction of sp³-hybridized carbons (Fsp3) is 0.867. The van der Waals surface area contributed by atoms with E-state index in [0.29, 0.717) is 29.5 Å². The maximum absolute atomic E-state index is 13.5. The molecule has 0 amide bonds. The highest BCUT2D eigenvalue weighted by Crippen LogP contribution is 2.66. The lowest BCUT2D eigenvalue weighted by Crippen LogP contribution is -2.53. The van der Waals surface area contributed by atoms with Crippen LogP contribution < -0.4 is 0 Å². The second kappa shape index (κ2) is 9.15. The van der Waals surface area contributed by atoms with Crippen LogP contribution in [0.2, 0.25) is 0 Å².